The molecule has 2 aromatic rings. The highest BCUT2D eigenvalue weighted by Gasteiger charge is 2.12. The molecule has 0 saturated carbocycles. The smallest absolute Gasteiger partial charge is 0.320 e. The van der Waals surface area contributed by atoms with Crippen molar-refractivity contribution in [3.63, 3.8) is 0 Å². The molecule has 2 rings (SSSR count). The Hall–Kier alpha value is -1.38. The number of carboxylic acid groups (broad SMARTS) is 1. The first-order valence-corrected chi connectivity index (χ1v) is 7.63. The molecule has 1 atom stereocenters. The van der Waals surface area contributed by atoms with Crippen molar-refractivity contribution in [2.45, 2.75) is 18.2 Å². The van der Waals surface area contributed by atoms with Crippen LogP contribution in [0.15, 0.2) is 22.0 Å². The van der Waals surface area contributed by atoms with Crippen molar-refractivity contribution in [3.05, 3.63) is 23.4 Å². The molecular formula is C11H13N3O3S2. The van der Waals surface area contributed by atoms with Crippen LogP contribution in [-0.4, -0.2) is 33.0 Å². The third kappa shape index (κ3) is 4.05. The second-order valence-electron chi connectivity index (χ2n) is 3.78. The molecule has 2 heterocycles. The van der Waals surface area contributed by atoms with Crippen molar-refractivity contribution in [3.8, 4) is 10.7 Å². The summed E-state index contributed by atoms with van der Waals surface area (Å²) in [4.78, 5) is 15.8. The average molecular weight is 299 g/mol. The Morgan fingerprint density at radius 3 is 3.16 bits per heavy atom. The first kappa shape index (κ1) is 14.0. The van der Waals surface area contributed by atoms with Gasteiger partial charge < -0.3 is 15.4 Å². The maximum absolute atomic E-state index is 10.5. The lowest BCUT2D eigenvalue weighted by Gasteiger charge is -2.03. The second-order valence-corrected chi connectivity index (χ2v) is 5.83. The van der Waals surface area contributed by atoms with E-state index in [1.807, 2.05) is 17.5 Å². The summed E-state index contributed by atoms with van der Waals surface area (Å²) in [5, 5.41) is 14.5. The predicted molar refractivity (Wildman–Crippen MR) is 74.0 cm³/mol. The quantitative estimate of drug-likeness (QED) is 0.752. The molecule has 1 unspecified atom stereocenters. The maximum atomic E-state index is 10.5. The highest BCUT2D eigenvalue weighted by Crippen LogP contribution is 2.22. The van der Waals surface area contributed by atoms with Crippen LogP contribution in [0.4, 0.5) is 0 Å². The van der Waals surface area contributed by atoms with Crippen molar-refractivity contribution in [2.75, 3.05) is 5.75 Å². The molecule has 0 aromatic carbocycles. The van der Waals surface area contributed by atoms with Crippen molar-refractivity contribution in [1.29, 1.82) is 0 Å². The van der Waals surface area contributed by atoms with Crippen LogP contribution in [0, 0.1) is 0 Å². The third-order valence-electron chi connectivity index (χ3n) is 2.33. The SMILES string of the molecule is NC(CCSCc1nc(-c2cccs2)no1)C(=O)O. The van der Waals surface area contributed by atoms with E-state index in [-0.39, 0.29) is 0 Å². The van der Waals surface area contributed by atoms with Crippen LogP contribution in [0.2, 0.25) is 0 Å². The largest absolute Gasteiger partial charge is 0.480 e. The van der Waals surface area contributed by atoms with Gasteiger partial charge in [0, 0.05) is 0 Å². The van der Waals surface area contributed by atoms with Gasteiger partial charge >= 0.3 is 5.97 Å². The number of aliphatic carboxylic acids is 1. The minimum atomic E-state index is -0.974. The number of hydrogen-bond acceptors (Lipinski definition) is 7. The summed E-state index contributed by atoms with van der Waals surface area (Å²) in [6, 6.07) is 3.05. The van der Waals surface area contributed by atoms with Crippen molar-refractivity contribution >= 4 is 29.1 Å². The lowest BCUT2D eigenvalue weighted by Crippen LogP contribution is -2.30. The van der Waals surface area contributed by atoms with Gasteiger partial charge in [-0.1, -0.05) is 11.2 Å². The van der Waals surface area contributed by atoms with Gasteiger partial charge in [-0.05, 0) is 23.6 Å². The summed E-state index contributed by atoms with van der Waals surface area (Å²) in [6.07, 6.45) is 0.423. The molecule has 0 aliphatic heterocycles. The number of nitrogens with zero attached hydrogens (tertiary/aromatic N) is 2. The van der Waals surface area contributed by atoms with E-state index in [1.54, 1.807) is 11.3 Å². The first-order chi connectivity index (χ1) is 9.16. The standard InChI is InChI=1S/C11H13N3O3S2/c12-7(11(15)16)3-5-18-6-9-13-10(14-17-9)8-2-1-4-19-8/h1-2,4,7H,3,5-6,12H2,(H,15,16). The van der Waals surface area contributed by atoms with E-state index in [9.17, 15) is 4.79 Å². The highest BCUT2D eigenvalue weighted by molar-refractivity contribution is 7.98. The number of rotatable bonds is 7. The van der Waals surface area contributed by atoms with E-state index in [4.69, 9.17) is 15.4 Å². The van der Waals surface area contributed by atoms with Gasteiger partial charge in [-0.25, -0.2) is 0 Å². The fourth-order valence-electron chi connectivity index (χ4n) is 1.31. The molecule has 0 bridgehead atoms. The molecule has 0 spiro atoms. The van der Waals surface area contributed by atoms with Gasteiger partial charge in [-0.15, -0.1) is 11.3 Å². The van der Waals surface area contributed by atoms with E-state index in [0.717, 1.165) is 4.88 Å². The van der Waals surface area contributed by atoms with Crippen LogP contribution in [0.1, 0.15) is 12.3 Å². The highest BCUT2D eigenvalue weighted by atomic mass is 32.2. The van der Waals surface area contributed by atoms with Gasteiger partial charge in [0.05, 0.1) is 10.6 Å². The number of carboxylic acids is 1. The van der Waals surface area contributed by atoms with Gasteiger partial charge in [0.25, 0.3) is 0 Å². The first-order valence-electron chi connectivity index (χ1n) is 5.59. The van der Waals surface area contributed by atoms with Crippen LogP contribution in [0.3, 0.4) is 0 Å². The minimum Gasteiger partial charge on any atom is -0.480 e. The number of hydrogen-bond donors (Lipinski definition) is 2. The van der Waals surface area contributed by atoms with E-state index < -0.39 is 12.0 Å². The molecule has 6 nitrogen and oxygen atoms in total. The molecule has 0 radical (unpaired) electrons. The fourth-order valence-corrected chi connectivity index (χ4v) is 2.82. The van der Waals surface area contributed by atoms with Crippen LogP contribution in [0.5, 0.6) is 0 Å². The summed E-state index contributed by atoms with van der Waals surface area (Å²) in [6.45, 7) is 0. The van der Waals surface area contributed by atoms with Crippen LogP contribution in [-0.2, 0) is 10.5 Å². The Balaban J connectivity index is 1.77. The number of aromatic nitrogens is 2. The van der Waals surface area contributed by atoms with Gasteiger partial charge in [0.15, 0.2) is 0 Å². The second kappa shape index (κ2) is 6.69. The molecule has 0 amide bonds. The summed E-state index contributed by atoms with van der Waals surface area (Å²) < 4.78 is 5.12. The zero-order chi connectivity index (χ0) is 13.7. The Morgan fingerprint density at radius 2 is 2.47 bits per heavy atom. The Morgan fingerprint density at radius 1 is 1.63 bits per heavy atom. The molecule has 19 heavy (non-hydrogen) atoms. The number of nitrogens with two attached hydrogens (primary N) is 1. The maximum Gasteiger partial charge on any atom is 0.320 e. The van der Waals surface area contributed by atoms with Crippen LogP contribution < -0.4 is 5.73 Å². The monoisotopic (exact) mass is 299 g/mol. The molecule has 0 aliphatic carbocycles. The van der Waals surface area contributed by atoms with Crippen LogP contribution >= 0.6 is 23.1 Å². The molecule has 3 N–H and O–H groups in total. The molecule has 0 fully saturated rings. The summed E-state index contributed by atoms with van der Waals surface area (Å²) in [5.74, 6) is 1.36. The molecule has 8 heteroatoms. The fraction of sp³-hybridized carbons (Fsp3) is 0.364. The van der Waals surface area contributed by atoms with Gasteiger partial charge in [-0.2, -0.15) is 16.7 Å². The van der Waals surface area contributed by atoms with Gasteiger partial charge in [0.2, 0.25) is 11.7 Å². The average Bonchev–Trinajstić information content (AvgIpc) is 3.04. The molecule has 0 saturated heterocycles. The molecule has 102 valence electrons. The predicted octanol–water partition coefficient (Wildman–Crippen LogP) is 1.83. The number of carbonyl (C=O) groups is 1. The van der Waals surface area contributed by atoms with Gasteiger partial charge in [0.1, 0.15) is 6.04 Å². The van der Waals surface area contributed by atoms with E-state index in [2.05, 4.69) is 10.1 Å². The Kier molecular flexibility index (Phi) is 4.94. The minimum absolute atomic E-state index is 0.423. The zero-order valence-electron chi connectivity index (χ0n) is 9.98. The third-order valence-corrected chi connectivity index (χ3v) is 4.17. The van der Waals surface area contributed by atoms with Gasteiger partial charge in [-0.3, -0.25) is 4.79 Å². The van der Waals surface area contributed by atoms with E-state index in [1.165, 1.54) is 11.8 Å². The van der Waals surface area contributed by atoms with Crippen molar-refractivity contribution in [1.82, 2.24) is 10.1 Å². The summed E-state index contributed by atoms with van der Waals surface area (Å²) in [5.41, 5.74) is 5.40. The topological polar surface area (TPSA) is 102 Å². The van der Waals surface area contributed by atoms with Crippen molar-refractivity contribution in [2.24, 2.45) is 5.73 Å². The van der Waals surface area contributed by atoms with Crippen molar-refractivity contribution < 1.29 is 14.4 Å². The summed E-state index contributed by atoms with van der Waals surface area (Å²) in [7, 11) is 0. The number of thiophene rings is 1. The molecule has 0 aliphatic rings. The molecular weight excluding hydrogens is 286 g/mol. The number of thioether (sulfide) groups is 1. The lowest BCUT2D eigenvalue weighted by molar-refractivity contribution is -0.138. The normalized spacial score (nSPS) is 12.5. The summed E-state index contributed by atoms with van der Waals surface area (Å²) >= 11 is 3.08. The Labute approximate surface area is 118 Å². The molecule has 2 aromatic heterocycles. The van der Waals surface area contributed by atoms with E-state index in [0.29, 0.717) is 29.6 Å². The zero-order valence-corrected chi connectivity index (χ0v) is 11.6. The van der Waals surface area contributed by atoms with E-state index >= 15 is 0 Å². The Bertz CT molecular complexity index is 527. The van der Waals surface area contributed by atoms with Crippen LogP contribution in [0.25, 0.3) is 10.7 Å². The lowest BCUT2D eigenvalue weighted by atomic mass is 10.2.